The van der Waals surface area contributed by atoms with Crippen molar-refractivity contribution in [1.29, 1.82) is 0 Å². The molecule has 3 heterocycles. The number of hydrogen-bond acceptors (Lipinski definition) is 7. The highest BCUT2D eigenvalue weighted by Gasteiger charge is 2.46. The van der Waals surface area contributed by atoms with Gasteiger partial charge in [0.05, 0.1) is 37.6 Å². The highest BCUT2D eigenvalue weighted by molar-refractivity contribution is 6.46. The largest absolute Gasteiger partial charge is 0.507 e. The number of furan rings is 1. The van der Waals surface area contributed by atoms with Crippen molar-refractivity contribution in [2.75, 3.05) is 13.2 Å². The van der Waals surface area contributed by atoms with E-state index < -0.39 is 17.7 Å². The third-order valence-electron chi connectivity index (χ3n) is 6.50. The highest BCUT2D eigenvalue weighted by atomic mass is 16.5. The van der Waals surface area contributed by atoms with Gasteiger partial charge in [-0.1, -0.05) is 6.07 Å². The molecule has 0 radical (unpaired) electrons. The zero-order chi connectivity index (χ0) is 26.1. The molecule has 0 bridgehead atoms. The molecule has 1 saturated heterocycles. The van der Waals surface area contributed by atoms with Crippen molar-refractivity contribution in [3.05, 3.63) is 82.8 Å². The fourth-order valence-electron chi connectivity index (χ4n) is 4.92. The molecule has 5 rings (SSSR count). The number of ketones is 1. The first kappa shape index (κ1) is 24.5. The number of aliphatic hydroxyl groups excluding tert-OH is 1. The van der Waals surface area contributed by atoms with E-state index in [0.717, 1.165) is 11.3 Å². The molecule has 2 atom stereocenters. The van der Waals surface area contributed by atoms with Gasteiger partial charge < -0.3 is 28.6 Å². The molecule has 0 saturated carbocycles. The summed E-state index contributed by atoms with van der Waals surface area (Å²) >= 11 is 0. The Bertz CT molecular complexity index is 1360. The van der Waals surface area contributed by atoms with Crippen LogP contribution >= 0.6 is 0 Å². The Morgan fingerprint density at radius 3 is 2.57 bits per heavy atom. The average molecular weight is 504 g/mol. The predicted octanol–water partition coefficient (Wildman–Crippen LogP) is 5.02. The highest BCUT2D eigenvalue weighted by Crippen LogP contribution is 2.43. The zero-order valence-electron chi connectivity index (χ0n) is 21.0. The lowest BCUT2D eigenvalue weighted by atomic mass is 9.94. The monoisotopic (exact) mass is 503 g/mol. The number of benzene rings is 2. The molecule has 2 aromatic carbocycles. The molecule has 1 fully saturated rings. The van der Waals surface area contributed by atoms with E-state index in [-0.39, 0.29) is 24.0 Å². The van der Waals surface area contributed by atoms with Crippen molar-refractivity contribution < 1.29 is 33.3 Å². The van der Waals surface area contributed by atoms with Gasteiger partial charge in [0.2, 0.25) is 0 Å². The Morgan fingerprint density at radius 2 is 1.84 bits per heavy atom. The summed E-state index contributed by atoms with van der Waals surface area (Å²) in [4.78, 5) is 28.1. The van der Waals surface area contributed by atoms with Gasteiger partial charge in [0.15, 0.2) is 11.5 Å². The van der Waals surface area contributed by atoms with Crippen molar-refractivity contribution in [1.82, 2.24) is 4.90 Å². The molecule has 0 spiro atoms. The molecule has 8 heteroatoms. The summed E-state index contributed by atoms with van der Waals surface area (Å²) in [6.45, 7) is 6.64. The maximum atomic E-state index is 13.4. The van der Waals surface area contributed by atoms with Crippen LogP contribution in [0.4, 0.5) is 0 Å². The van der Waals surface area contributed by atoms with Crippen LogP contribution < -0.4 is 14.2 Å². The fraction of sp³-hybridized carbons (Fsp3) is 0.310. The molecule has 2 aliphatic heterocycles. The van der Waals surface area contributed by atoms with Gasteiger partial charge in [-0.05, 0) is 74.4 Å². The number of carbonyl (C=O) groups excluding carboxylic acids is 2. The van der Waals surface area contributed by atoms with Gasteiger partial charge in [-0.25, -0.2) is 0 Å². The van der Waals surface area contributed by atoms with Crippen LogP contribution in [0.5, 0.6) is 17.2 Å². The lowest BCUT2D eigenvalue weighted by molar-refractivity contribution is -0.140. The second kappa shape index (κ2) is 10.0. The molecule has 2 aliphatic rings. The minimum Gasteiger partial charge on any atom is -0.507 e. The van der Waals surface area contributed by atoms with Crippen LogP contribution in [0.3, 0.4) is 0 Å². The molecule has 8 nitrogen and oxygen atoms in total. The maximum Gasteiger partial charge on any atom is 0.296 e. The van der Waals surface area contributed by atoms with Crippen LogP contribution in [0.1, 0.15) is 49.3 Å². The predicted molar refractivity (Wildman–Crippen MR) is 136 cm³/mol. The van der Waals surface area contributed by atoms with E-state index in [0.29, 0.717) is 48.0 Å². The van der Waals surface area contributed by atoms with Gasteiger partial charge in [-0.3, -0.25) is 9.59 Å². The summed E-state index contributed by atoms with van der Waals surface area (Å²) in [7, 11) is 0. The minimum atomic E-state index is -0.858. The number of nitrogens with zero attached hydrogens (tertiary/aromatic N) is 1. The summed E-state index contributed by atoms with van der Waals surface area (Å²) in [5.41, 5.74) is 2.01. The summed E-state index contributed by atoms with van der Waals surface area (Å²) in [6.07, 6.45) is 2.24. The number of hydrogen-bond donors (Lipinski definition) is 1. The lowest BCUT2D eigenvalue weighted by Gasteiger charge is -2.25. The normalized spacial score (nSPS) is 20.1. The van der Waals surface area contributed by atoms with Gasteiger partial charge >= 0.3 is 0 Å². The van der Waals surface area contributed by atoms with E-state index in [1.54, 1.807) is 42.5 Å². The maximum absolute atomic E-state index is 13.4. The van der Waals surface area contributed by atoms with Gasteiger partial charge in [0.1, 0.15) is 23.4 Å². The molecule has 192 valence electrons. The summed E-state index contributed by atoms with van der Waals surface area (Å²) in [5, 5.41) is 11.5. The van der Waals surface area contributed by atoms with Crippen molar-refractivity contribution in [2.24, 2.45) is 0 Å². The number of Topliss-reactive ketones (excluding diaryl/α,β-unsaturated/α-hetero) is 1. The molecule has 3 aromatic rings. The summed E-state index contributed by atoms with van der Waals surface area (Å²) < 4.78 is 22.7. The van der Waals surface area contributed by atoms with Crippen LogP contribution in [-0.2, 0) is 22.6 Å². The number of rotatable bonds is 8. The molecule has 0 unspecified atom stereocenters. The molecule has 37 heavy (non-hydrogen) atoms. The fourth-order valence-corrected chi connectivity index (χ4v) is 4.92. The van der Waals surface area contributed by atoms with Gasteiger partial charge in [0, 0.05) is 12.0 Å². The smallest absolute Gasteiger partial charge is 0.296 e. The lowest BCUT2D eigenvalue weighted by Crippen LogP contribution is -2.29. The average Bonchev–Trinajstić information content (AvgIpc) is 3.59. The Morgan fingerprint density at radius 1 is 1.05 bits per heavy atom. The number of fused-ring (bicyclic) bond motifs is 1. The number of amides is 1. The Balaban J connectivity index is 1.64. The third-order valence-corrected chi connectivity index (χ3v) is 6.50. The van der Waals surface area contributed by atoms with Crippen LogP contribution in [0.15, 0.2) is 64.8 Å². The Kier molecular flexibility index (Phi) is 6.65. The number of aliphatic hydroxyl groups is 1. The van der Waals surface area contributed by atoms with Crippen LogP contribution in [0.25, 0.3) is 5.76 Å². The van der Waals surface area contributed by atoms with Crippen molar-refractivity contribution in [3.63, 3.8) is 0 Å². The second-order valence-electron chi connectivity index (χ2n) is 9.03. The standard InChI is InChI=1S/C29H29NO7/c1-4-34-23-11-8-18(15-24(23)35-5-2)26-25(28(32)29(33)30(26)16-21-7-6-12-36-21)27(31)19-9-10-22-20(14-19)13-17(3)37-22/h6-12,14-15,17,26,31H,4-5,13,16H2,1-3H3/b27-25+/t17-,26-/m1/s1. The molecule has 0 aliphatic carbocycles. The molecule has 1 aromatic heterocycles. The number of likely N-dealkylation sites (tertiary alicyclic amines) is 1. The quantitative estimate of drug-likeness (QED) is 0.262. The van der Waals surface area contributed by atoms with Gasteiger partial charge in [-0.15, -0.1) is 0 Å². The molecular weight excluding hydrogens is 474 g/mol. The van der Waals surface area contributed by atoms with E-state index in [1.165, 1.54) is 11.2 Å². The van der Waals surface area contributed by atoms with E-state index in [4.69, 9.17) is 18.6 Å². The summed E-state index contributed by atoms with van der Waals surface area (Å²) in [5.74, 6) is 0.620. The van der Waals surface area contributed by atoms with E-state index >= 15 is 0 Å². The van der Waals surface area contributed by atoms with Crippen molar-refractivity contribution >= 4 is 17.4 Å². The van der Waals surface area contributed by atoms with Crippen molar-refractivity contribution in [2.45, 2.75) is 45.9 Å². The number of ether oxygens (including phenoxy) is 3. The SMILES string of the molecule is CCOc1ccc([C@@H]2/C(=C(\O)c3ccc4c(c3)C[C@@H](C)O4)C(=O)C(=O)N2Cc2ccco2)cc1OCC. The first-order chi connectivity index (χ1) is 17.9. The van der Waals surface area contributed by atoms with Crippen LogP contribution in [-0.4, -0.2) is 41.0 Å². The molecular formula is C29H29NO7. The summed E-state index contributed by atoms with van der Waals surface area (Å²) in [6, 6.07) is 13.2. The van der Waals surface area contributed by atoms with Gasteiger partial charge in [-0.2, -0.15) is 0 Å². The number of carbonyl (C=O) groups is 2. The topological polar surface area (TPSA) is 98.4 Å². The van der Waals surface area contributed by atoms with Crippen LogP contribution in [0.2, 0.25) is 0 Å². The molecule has 1 N–H and O–H groups in total. The minimum absolute atomic E-state index is 0.00933. The first-order valence-corrected chi connectivity index (χ1v) is 12.4. The van der Waals surface area contributed by atoms with E-state index in [2.05, 4.69) is 0 Å². The first-order valence-electron chi connectivity index (χ1n) is 12.4. The Hall–Kier alpha value is -4.20. The van der Waals surface area contributed by atoms with Crippen LogP contribution in [0, 0.1) is 0 Å². The zero-order valence-corrected chi connectivity index (χ0v) is 21.0. The Labute approximate surface area is 215 Å². The van der Waals surface area contributed by atoms with Gasteiger partial charge in [0.25, 0.3) is 11.7 Å². The molecule has 1 amide bonds. The van der Waals surface area contributed by atoms with E-state index in [9.17, 15) is 14.7 Å². The third kappa shape index (κ3) is 4.55. The second-order valence-corrected chi connectivity index (χ2v) is 9.03. The van der Waals surface area contributed by atoms with Crippen molar-refractivity contribution in [3.8, 4) is 17.2 Å². The van der Waals surface area contributed by atoms with E-state index in [1.807, 2.05) is 26.8 Å².